The zero-order chi connectivity index (χ0) is 20.6. The molecule has 0 aliphatic heterocycles. The molecule has 0 saturated heterocycles. The fourth-order valence-electron chi connectivity index (χ4n) is 2.79. The van der Waals surface area contributed by atoms with Gasteiger partial charge in [0.15, 0.2) is 5.16 Å². The maximum absolute atomic E-state index is 12.5. The van der Waals surface area contributed by atoms with Crippen molar-refractivity contribution < 1.29 is 9.53 Å². The number of benzene rings is 2. The Bertz CT molecular complexity index is 1020. The fourth-order valence-corrected chi connectivity index (χ4v) is 3.53. The van der Waals surface area contributed by atoms with Crippen LogP contribution in [-0.4, -0.2) is 28.7 Å². The van der Waals surface area contributed by atoms with Gasteiger partial charge in [-0.1, -0.05) is 54.2 Å². The zero-order valence-corrected chi connectivity index (χ0v) is 17.2. The van der Waals surface area contributed by atoms with Crippen LogP contribution in [0.3, 0.4) is 0 Å². The van der Waals surface area contributed by atoms with E-state index >= 15 is 0 Å². The number of amides is 1. The molecular weight excluding hydrogens is 386 g/mol. The van der Waals surface area contributed by atoms with Crippen molar-refractivity contribution in [1.82, 2.24) is 15.3 Å². The Morgan fingerprint density at radius 1 is 1.10 bits per heavy atom. The van der Waals surface area contributed by atoms with Gasteiger partial charge in [-0.05, 0) is 30.2 Å². The van der Waals surface area contributed by atoms with Crippen LogP contribution in [0.1, 0.15) is 22.4 Å². The van der Waals surface area contributed by atoms with Crippen molar-refractivity contribution in [2.24, 2.45) is 0 Å². The van der Waals surface area contributed by atoms with E-state index in [1.165, 1.54) is 11.8 Å². The van der Waals surface area contributed by atoms with Gasteiger partial charge < -0.3 is 15.0 Å². The molecule has 0 fully saturated rings. The molecule has 0 spiro atoms. The Morgan fingerprint density at radius 2 is 1.83 bits per heavy atom. The van der Waals surface area contributed by atoms with Crippen LogP contribution in [0.2, 0.25) is 0 Å². The van der Waals surface area contributed by atoms with E-state index in [-0.39, 0.29) is 17.2 Å². The highest BCUT2D eigenvalue weighted by molar-refractivity contribution is 7.99. The predicted octanol–water partition coefficient (Wildman–Crippen LogP) is 3.09. The molecule has 0 saturated carbocycles. The van der Waals surface area contributed by atoms with E-state index < -0.39 is 0 Å². The topological polar surface area (TPSA) is 84.1 Å². The highest BCUT2D eigenvalue weighted by Crippen LogP contribution is 2.15. The Hall–Kier alpha value is -3.06. The van der Waals surface area contributed by atoms with Crippen molar-refractivity contribution in [2.75, 3.05) is 12.9 Å². The molecule has 0 bridgehead atoms. The number of nitrogens with zero attached hydrogens (tertiary/aromatic N) is 1. The summed E-state index contributed by atoms with van der Waals surface area (Å²) in [7, 11) is 1.61. The molecule has 0 aliphatic carbocycles. The van der Waals surface area contributed by atoms with Gasteiger partial charge in [0.05, 0.1) is 12.9 Å². The number of aromatic amines is 1. The molecular formula is C22H23N3O3S. The van der Waals surface area contributed by atoms with E-state index in [9.17, 15) is 9.59 Å². The largest absolute Gasteiger partial charge is 0.497 e. The van der Waals surface area contributed by atoms with Crippen LogP contribution in [0.5, 0.6) is 5.75 Å². The summed E-state index contributed by atoms with van der Waals surface area (Å²) in [5.74, 6) is 0.826. The van der Waals surface area contributed by atoms with Gasteiger partial charge in [-0.15, -0.1) is 0 Å². The van der Waals surface area contributed by atoms with E-state index in [0.717, 1.165) is 16.9 Å². The first-order valence-electron chi connectivity index (χ1n) is 9.21. The first-order valence-corrected chi connectivity index (χ1v) is 10.2. The summed E-state index contributed by atoms with van der Waals surface area (Å²) in [6.07, 6.45) is 0.530. The van der Waals surface area contributed by atoms with Crippen LogP contribution in [-0.2, 0) is 17.8 Å². The van der Waals surface area contributed by atoms with E-state index in [0.29, 0.717) is 29.4 Å². The number of rotatable bonds is 8. The number of hydrogen-bond donors (Lipinski definition) is 2. The highest BCUT2D eigenvalue weighted by atomic mass is 32.2. The van der Waals surface area contributed by atoms with Crippen molar-refractivity contribution in [3.8, 4) is 5.75 Å². The van der Waals surface area contributed by atoms with Gasteiger partial charge in [0.1, 0.15) is 5.75 Å². The van der Waals surface area contributed by atoms with Gasteiger partial charge in [0, 0.05) is 24.2 Å². The first kappa shape index (κ1) is 20.7. The van der Waals surface area contributed by atoms with Crippen molar-refractivity contribution in [1.29, 1.82) is 0 Å². The van der Waals surface area contributed by atoms with E-state index in [1.807, 2.05) is 61.5 Å². The number of hydrogen-bond acceptors (Lipinski definition) is 5. The maximum atomic E-state index is 12.5. The summed E-state index contributed by atoms with van der Waals surface area (Å²) in [5.41, 5.74) is 3.20. The van der Waals surface area contributed by atoms with Crippen LogP contribution < -0.4 is 15.6 Å². The average molecular weight is 410 g/mol. The third-order valence-corrected chi connectivity index (χ3v) is 5.29. The quantitative estimate of drug-likeness (QED) is 0.441. The van der Waals surface area contributed by atoms with Crippen LogP contribution in [0.4, 0.5) is 0 Å². The molecule has 0 atom stereocenters. The number of H-pyrrole nitrogens is 1. The molecule has 0 radical (unpaired) electrons. The SMILES string of the molecule is COc1ccc(CNC(=O)CSc2nc(C)c(Cc3ccccc3)c(=O)[nH]2)cc1. The normalized spacial score (nSPS) is 10.6. The van der Waals surface area contributed by atoms with Crippen LogP contribution in [0.15, 0.2) is 64.5 Å². The molecule has 7 heteroatoms. The molecule has 1 amide bonds. The van der Waals surface area contributed by atoms with Crippen molar-refractivity contribution >= 4 is 17.7 Å². The molecule has 6 nitrogen and oxygen atoms in total. The van der Waals surface area contributed by atoms with Gasteiger partial charge in [-0.25, -0.2) is 4.98 Å². The monoisotopic (exact) mass is 409 g/mol. The summed E-state index contributed by atoms with van der Waals surface area (Å²) in [6.45, 7) is 2.25. The third-order valence-electron chi connectivity index (χ3n) is 4.41. The number of aromatic nitrogens is 2. The van der Waals surface area contributed by atoms with Gasteiger partial charge in [-0.2, -0.15) is 0 Å². The minimum absolute atomic E-state index is 0.125. The molecule has 1 heterocycles. The van der Waals surface area contributed by atoms with Crippen LogP contribution in [0.25, 0.3) is 0 Å². The second kappa shape index (κ2) is 9.93. The minimum Gasteiger partial charge on any atom is -0.497 e. The minimum atomic E-state index is -0.164. The second-order valence-corrected chi connectivity index (χ2v) is 7.47. The lowest BCUT2D eigenvalue weighted by atomic mass is 10.1. The summed E-state index contributed by atoms with van der Waals surface area (Å²) < 4.78 is 5.12. The number of carbonyl (C=O) groups excluding carboxylic acids is 1. The first-order chi connectivity index (χ1) is 14.0. The van der Waals surface area contributed by atoms with E-state index in [4.69, 9.17) is 4.74 Å². The molecule has 2 N–H and O–H groups in total. The number of ether oxygens (including phenoxy) is 1. The smallest absolute Gasteiger partial charge is 0.255 e. The van der Waals surface area contributed by atoms with E-state index in [2.05, 4.69) is 15.3 Å². The zero-order valence-electron chi connectivity index (χ0n) is 16.4. The van der Waals surface area contributed by atoms with Crippen LogP contribution in [0, 0.1) is 6.92 Å². The molecule has 2 aromatic carbocycles. The predicted molar refractivity (Wildman–Crippen MR) is 114 cm³/mol. The number of carbonyl (C=O) groups is 1. The Labute approximate surface area is 173 Å². The molecule has 0 unspecified atom stereocenters. The van der Waals surface area contributed by atoms with Crippen molar-refractivity contribution in [3.63, 3.8) is 0 Å². The molecule has 0 aliphatic rings. The number of methoxy groups -OCH3 is 1. The lowest BCUT2D eigenvalue weighted by molar-refractivity contribution is -0.118. The molecule has 150 valence electrons. The van der Waals surface area contributed by atoms with Crippen molar-refractivity contribution in [2.45, 2.75) is 25.0 Å². The third kappa shape index (κ3) is 5.96. The number of thioether (sulfide) groups is 1. The summed E-state index contributed by atoms with van der Waals surface area (Å²) >= 11 is 1.21. The maximum Gasteiger partial charge on any atom is 0.255 e. The number of aryl methyl sites for hydroxylation is 1. The van der Waals surface area contributed by atoms with Gasteiger partial charge in [-0.3, -0.25) is 9.59 Å². The standard InChI is InChI=1S/C22H23N3O3S/c1-15-19(12-16-6-4-3-5-7-16)21(27)25-22(24-15)29-14-20(26)23-13-17-8-10-18(28-2)11-9-17/h3-11H,12-14H2,1-2H3,(H,23,26)(H,24,25,27). The summed E-state index contributed by atoms with van der Waals surface area (Å²) in [6, 6.07) is 17.3. The van der Waals surface area contributed by atoms with E-state index in [1.54, 1.807) is 7.11 Å². The molecule has 29 heavy (non-hydrogen) atoms. The van der Waals surface area contributed by atoms with Crippen LogP contribution >= 0.6 is 11.8 Å². The second-order valence-electron chi connectivity index (χ2n) is 6.51. The highest BCUT2D eigenvalue weighted by Gasteiger charge is 2.11. The molecule has 3 aromatic rings. The average Bonchev–Trinajstić information content (AvgIpc) is 2.74. The molecule has 3 rings (SSSR count). The Balaban J connectivity index is 1.54. The lowest BCUT2D eigenvalue weighted by Crippen LogP contribution is -2.25. The summed E-state index contributed by atoms with van der Waals surface area (Å²) in [5, 5.41) is 3.31. The van der Waals surface area contributed by atoms with Gasteiger partial charge in [0.25, 0.3) is 5.56 Å². The Morgan fingerprint density at radius 3 is 2.48 bits per heavy atom. The lowest BCUT2D eigenvalue weighted by Gasteiger charge is -2.08. The Kier molecular flexibility index (Phi) is 7.08. The number of nitrogens with one attached hydrogen (secondary N) is 2. The van der Waals surface area contributed by atoms with Gasteiger partial charge in [0.2, 0.25) is 5.91 Å². The fraction of sp³-hybridized carbons (Fsp3) is 0.227. The molecule has 1 aromatic heterocycles. The van der Waals surface area contributed by atoms with Gasteiger partial charge >= 0.3 is 0 Å². The summed E-state index contributed by atoms with van der Waals surface area (Å²) in [4.78, 5) is 31.8. The van der Waals surface area contributed by atoms with Crippen molar-refractivity contribution in [3.05, 3.63) is 87.3 Å².